The maximum atomic E-state index is 13.1. The molecule has 0 N–H and O–H groups in total. The number of aliphatic imine (C=N–C) groups is 1. The molecule has 1 fully saturated rings. The Labute approximate surface area is 212 Å². The zero-order valence-electron chi connectivity index (χ0n) is 20.8. The molecule has 0 saturated heterocycles. The van der Waals surface area contributed by atoms with Crippen molar-refractivity contribution >= 4 is 12.0 Å². The lowest BCUT2D eigenvalue weighted by Gasteiger charge is -2.32. The van der Waals surface area contributed by atoms with Crippen molar-refractivity contribution in [3.8, 4) is 5.88 Å². The van der Waals surface area contributed by atoms with Crippen LogP contribution in [0.15, 0.2) is 52.6 Å². The molecule has 0 amide bonds. The van der Waals surface area contributed by atoms with Crippen LogP contribution in [-0.2, 0) is 17.8 Å². The number of hydrogen-bond donors (Lipinski definition) is 0. The van der Waals surface area contributed by atoms with Crippen LogP contribution < -0.4 is 4.74 Å². The standard InChI is InChI=1S/C29H35F2N3O2/c30-28(31)19-36-29-11-10-22-13-16-34(18-26(22)33-29)15-12-20-6-8-21(9-7-20)17-27(35)24-3-1-5-25-23(24)4-2-14-32-25/h1-4,10-11,14,20-21,25,28H,5-9,12-13,15-19H2. The smallest absolute Gasteiger partial charge is 0.272 e. The predicted octanol–water partition coefficient (Wildman–Crippen LogP) is 5.51. The summed E-state index contributed by atoms with van der Waals surface area (Å²) in [5.74, 6) is 1.73. The van der Waals surface area contributed by atoms with Gasteiger partial charge in [-0.25, -0.2) is 13.8 Å². The molecule has 5 rings (SSSR count). The minimum atomic E-state index is -2.49. The van der Waals surface area contributed by atoms with E-state index >= 15 is 0 Å². The van der Waals surface area contributed by atoms with Crippen LogP contribution in [0.1, 0.15) is 56.2 Å². The molecule has 5 nitrogen and oxygen atoms in total. The fourth-order valence-corrected chi connectivity index (χ4v) is 5.94. The van der Waals surface area contributed by atoms with Gasteiger partial charge in [0.2, 0.25) is 5.88 Å². The van der Waals surface area contributed by atoms with Gasteiger partial charge in [-0.2, -0.15) is 0 Å². The number of halogens is 2. The van der Waals surface area contributed by atoms with Gasteiger partial charge < -0.3 is 4.74 Å². The topological polar surface area (TPSA) is 54.8 Å². The number of dihydropyridines is 1. The molecule has 192 valence electrons. The number of fused-ring (bicyclic) bond motifs is 2. The number of carbonyl (C=O) groups excluding carboxylic acids is 1. The summed E-state index contributed by atoms with van der Waals surface area (Å²) >= 11 is 0. The van der Waals surface area contributed by atoms with Crippen molar-refractivity contribution in [1.82, 2.24) is 9.88 Å². The van der Waals surface area contributed by atoms with Gasteiger partial charge in [0, 0.05) is 37.4 Å². The molecule has 2 aliphatic carbocycles. The third-order valence-corrected chi connectivity index (χ3v) is 8.01. The van der Waals surface area contributed by atoms with Crippen LogP contribution in [0.2, 0.25) is 0 Å². The summed E-state index contributed by atoms with van der Waals surface area (Å²) in [6.07, 6.45) is 15.6. The van der Waals surface area contributed by atoms with E-state index in [4.69, 9.17) is 4.74 Å². The highest BCUT2D eigenvalue weighted by molar-refractivity contribution is 6.00. The number of ketones is 1. The van der Waals surface area contributed by atoms with Gasteiger partial charge in [0.1, 0.15) is 0 Å². The van der Waals surface area contributed by atoms with Gasteiger partial charge in [0.25, 0.3) is 6.43 Å². The Kier molecular flexibility index (Phi) is 8.05. The van der Waals surface area contributed by atoms with Gasteiger partial charge >= 0.3 is 0 Å². The highest BCUT2D eigenvalue weighted by Crippen LogP contribution is 2.35. The van der Waals surface area contributed by atoms with Crippen molar-refractivity contribution in [3.63, 3.8) is 0 Å². The zero-order valence-corrected chi connectivity index (χ0v) is 20.8. The molecule has 1 atom stereocenters. The lowest BCUT2D eigenvalue weighted by atomic mass is 9.77. The van der Waals surface area contributed by atoms with Gasteiger partial charge in [-0.3, -0.25) is 14.7 Å². The minimum Gasteiger partial charge on any atom is -0.472 e. The Hall–Kier alpha value is -2.67. The first-order chi connectivity index (χ1) is 17.5. The molecule has 1 saturated carbocycles. The van der Waals surface area contributed by atoms with Crippen molar-refractivity contribution in [2.75, 3.05) is 19.7 Å². The molecule has 4 aliphatic rings. The van der Waals surface area contributed by atoms with Crippen LogP contribution in [0.5, 0.6) is 5.88 Å². The summed E-state index contributed by atoms with van der Waals surface area (Å²) < 4.78 is 30.0. The Morgan fingerprint density at radius 1 is 1.14 bits per heavy atom. The summed E-state index contributed by atoms with van der Waals surface area (Å²) in [4.78, 5) is 24.5. The molecule has 7 heteroatoms. The molecule has 3 heterocycles. The van der Waals surface area contributed by atoms with Crippen molar-refractivity contribution in [2.24, 2.45) is 16.8 Å². The molecular formula is C29H35F2N3O2. The molecule has 36 heavy (non-hydrogen) atoms. The first-order valence-corrected chi connectivity index (χ1v) is 13.3. The number of ether oxygens (including phenoxy) is 1. The molecule has 0 bridgehead atoms. The minimum absolute atomic E-state index is 0.114. The van der Waals surface area contributed by atoms with E-state index in [9.17, 15) is 13.6 Å². The normalized spacial score (nSPS) is 25.7. The van der Waals surface area contributed by atoms with Crippen LogP contribution in [0.25, 0.3) is 0 Å². The fourth-order valence-electron chi connectivity index (χ4n) is 5.94. The second-order valence-electron chi connectivity index (χ2n) is 10.5. The third-order valence-electron chi connectivity index (χ3n) is 8.01. The monoisotopic (exact) mass is 495 g/mol. The summed E-state index contributed by atoms with van der Waals surface area (Å²) in [6, 6.07) is 3.77. The number of hydrogen-bond acceptors (Lipinski definition) is 5. The van der Waals surface area contributed by atoms with Gasteiger partial charge in [-0.1, -0.05) is 37.1 Å². The average molecular weight is 496 g/mol. The summed E-state index contributed by atoms with van der Waals surface area (Å²) in [5, 5.41) is 0. The lowest BCUT2D eigenvalue weighted by molar-refractivity contribution is -0.116. The second-order valence-corrected chi connectivity index (χ2v) is 10.5. The molecule has 1 aromatic rings. The molecular weight excluding hydrogens is 460 g/mol. The van der Waals surface area contributed by atoms with Crippen LogP contribution in [0.3, 0.4) is 0 Å². The molecule has 1 aromatic heterocycles. The number of alkyl halides is 2. The van der Waals surface area contributed by atoms with Crippen LogP contribution in [0, 0.1) is 11.8 Å². The summed E-state index contributed by atoms with van der Waals surface area (Å²) in [7, 11) is 0. The van der Waals surface area contributed by atoms with Crippen LogP contribution in [-0.4, -0.2) is 54.0 Å². The van der Waals surface area contributed by atoms with Gasteiger partial charge in [-0.15, -0.1) is 0 Å². The molecule has 2 aliphatic heterocycles. The van der Waals surface area contributed by atoms with Crippen molar-refractivity contribution in [2.45, 2.75) is 70.4 Å². The second kappa shape index (κ2) is 11.6. The molecule has 0 radical (unpaired) electrons. The predicted molar refractivity (Wildman–Crippen MR) is 137 cm³/mol. The van der Waals surface area contributed by atoms with E-state index in [2.05, 4.69) is 27.0 Å². The zero-order chi connectivity index (χ0) is 24.9. The summed E-state index contributed by atoms with van der Waals surface area (Å²) in [6.45, 7) is 2.15. The molecule has 0 aromatic carbocycles. The van der Waals surface area contributed by atoms with E-state index in [1.165, 1.54) is 18.4 Å². The lowest BCUT2D eigenvalue weighted by Crippen LogP contribution is -2.33. The van der Waals surface area contributed by atoms with Crippen LogP contribution >= 0.6 is 0 Å². The number of carbonyl (C=O) groups is 1. The Bertz CT molecular complexity index is 1070. The van der Waals surface area contributed by atoms with Crippen molar-refractivity contribution in [1.29, 1.82) is 0 Å². The van der Waals surface area contributed by atoms with Crippen molar-refractivity contribution in [3.05, 3.63) is 58.8 Å². The Balaban J connectivity index is 1.06. The van der Waals surface area contributed by atoms with E-state index in [0.29, 0.717) is 18.3 Å². The number of rotatable bonds is 9. The average Bonchev–Trinajstić information content (AvgIpc) is 2.91. The van der Waals surface area contributed by atoms with Gasteiger partial charge in [0.15, 0.2) is 12.4 Å². The highest BCUT2D eigenvalue weighted by atomic mass is 19.3. The first-order valence-electron chi connectivity index (χ1n) is 13.3. The number of pyridine rings is 1. The highest BCUT2D eigenvalue weighted by Gasteiger charge is 2.28. The van der Waals surface area contributed by atoms with E-state index < -0.39 is 13.0 Å². The largest absolute Gasteiger partial charge is 0.472 e. The van der Waals surface area contributed by atoms with Crippen LogP contribution in [0.4, 0.5) is 8.78 Å². The van der Waals surface area contributed by atoms with Gasteiger partial charge in [-0.05, 0) is 67.7 Å². The third kappa shape index (κ3) is 6.17. The van der Waals surface area contributed by atoms with E-state index in [0.717, 1.165) is 68.6 Å². The summed E-state index contributed by atoms with van der Waals surface area (Å²) in [5.41, 5.74) is 4.09. The van der Waals surface area contributed by atoms with E-state index in [1.54, 1.807) is 6.07 Å². The maximum absolute atomic E-state index is 13.1. The Morgan fingerprint density at radius 2 is 1.97 bits per heavy atom. The number of Topliss-reactive ketones (excluding diaryl/α,β-unsaturated/α-hetero) is 1. The van der Waals surface area contributed by atoms with Gasteiger partial charge in [0.05, 0.1) is 11.7 Å². The molecule has 0 spiro atoms. The quantitative estimate of drug-likeness (QED) is 0.454. The maximum Gasteiger partial charge on any atom is 0.272 e. The first kappa shape index (κ1) is 25.0. The fraction of sp³-hybridized carbons (Fsp3) is 0.552. The van der Waals surface area contributed by atoms with E-state index in [1.807, 2.05) is 24.4 Å². The number of allylic oxidation sites excluding steroid dienone is 3. The number of nitrogens with zero attached hydrogens (tertiary/aromatic N) is 3. The SMILES string of the molecule is O=C(CC1CCC(CCN2CCc3ccc(OCC(F)F)nc3C2)CC1)C1=C2C=CC=NC2CC=C1. The number of aromatic nitrogens is 1. The Morgan fingerprint density at radius 3 is 2.81 bits per heavy atom. The molecule has 1 unspecified atom stereocenters. The van der Waals surface area contributed by atoms with Crippen molar-refractivity contribution < 1.29 is 18.3 Å². The van der Waals surface area contributed by atoms with E-state index in [-0.39, 0.29) is 17.7 Å².